The van der Waals surface area contributed by atoms with E-state index in [0.717, 1.165) is 27.7 Å². The lowest BCUT2D eigenvalue weighted by atomic mass is 10.1. The highest BCUT2D eigenvalue weighted by Crippen LogP contribution is 2.16. The minimum atomic E-state index is 0.00482. The lowest BCUT2D eigenvalue weighted by Crippen LogP contribution is -2.15. The Morgan fingerprint density at radius 2 is 2.00 bits per heavy atom. The molecule has 3 heteroatoms. The molecule has 0 aliphatic carbocycles. The zero-order valence-electron chi connectivity index (χ0n) is 11.3. The van der Waals surface area contributed by atoms with Crippen LogP contribution >= 0.6 is 0 Å². The van der Waals surface area contributed by atoms with Gasteiger partial charge in [-0.05, 0) is 41.6 Å². The molecular weight excluding hydrogens is 248 g/mol. The summed E-state index contributed by atoms with van der Waals surface area (Å²) in [7, 11) is 0. The second-order valence-corrected chi connectivity index (χ2v) is 4.94. The topological polar surface area (TPSA) is 44.9 Å². The molecule has 2 N–H and O–H groups in total. The van der Waals surface area contributed by atoms with Crippen LogP contribution in [-0.4, -0.2) is 10.9 Å². The molecular formula is C17H16N2O. The fourth-order valence-electron chi connectivity index (χ4n) is 2.30. The van der Waals surface area contributed by atoms with Gasteiger partial charge in [-0.3, -0.25) is 4.79 Å². The van der Waals surface area contributed by atoms with E-state index >= 15 is 0 Å². The fraction of sp³-hybridized carbons (Fsp3) is 0.118. The number of hydrogen-bond donors (Lipinski definition) is 2. The third kappa shape index (κ3) is 2.57. The molecule has 1 amide bonds. The van der Waals surface area contributed by atoms with E-state index in [1.807, 2.05) is 61.7 Å². The van der Waals surface area contributed by atoms with Crippen molar-refractivity contribution in [2.45, 2.75) is 13.3 Å². The van der Waals surface area contributed by atoms with E-state index in [9.17, 15) is 4.79 Å². The Labute approximate surface area is 117 Å². The standard InChI is InChI=1S/C17H16N2O/c1-12-4-2-3-5-15(12)19-17(20)11-13-6-7-14-8-9-18-16(14)10-13/h2-10,18H,11H2,1H3,(H,19,20). The third-order valence-corrected chi connectivity index (χ3v) is 3.40. The zero-order chi connectivity index (χ0) is 13.9. The molecule has 3 aromatic rings. The number of hydrogen-bond acceptors (Lipinski definition) is 1. The summed E-state index contributed by atoms with van der Waals surface area (Å²) in [6.07, 6.45) is 2.28. The second-order valence-electron chi connectivity index (χ2n) is 4.94. The Balaban J connectivity index is 1.74. The molecule has 3 nitrogen and oxygen atoms in total. The van der Waals surface area contributed by atoms with Crippen molar-refractivity contribution in [1.82, 2.24) is 4.98 Å². The number of aromatic nitrogens is 1. The van der Waals surface area contributed by atoms with Crippen LogP contribution in [0, 0.1) is 6.92 Å². The molecule has 2 aromatic carbocycles. The number of amides is 1. The molecule has 0 aliphatic rings. The highest BCUT2D eigenvalue weighted by Gasteiger charge is 2.06. The maximum atomic E-state index is 12.1. The maximum absolute atomic E-state index is 12.1. The van der Waals surface area contributed by atoms with Crippen LogP contribution in [0.25, 0.3) is 10.9 Å². The van der Waals surface area contributed by atoms with E-state index < -0.39 is 0 Å². The van der Waals surface area contributed by atoms with Gasteiger partial charge in [-0.2, -0.15) is 0 Å². The summed E-state index contributed by atoms with van der Waals surface area (Å²) in [6, 6.07) is 15.9. The van der Waals surface area contributed by atoms with Crippen molar-refractivity contribution < 1.29 is 4.79 Å². The highest BCUT2D eigenvalue weighted by atomic mass is 16.1. The first-order valence-corrected chi connectivity index (χ1v) is 6.64. The summed E-state index contributed by atoms with van der Waals surface area (Å²) in [6.45, 7) is 1.99. The second kappa shape index (κ2) is 5.21. The van der Waals surface area contributed by atoms with Gasteiger partial charge in [0, 0.05) is 17.4 Å². The quantitative estimate of drug-likeness (QED) is 0.745. The number of aryl methyl sites for hydroxylation is 1. The third-order valence-electron chi connectivity index (χ3n) is 3.40. The van der Waals surface area contributed by atoms with Crippen molar-refractivity contribution >= 4 is 22.5 Å². The number of benzene rings is 2. The molecule has 0 radical (unpaired) electrons. The molecule has 0 saturated carbocycles. The predicted octanol–water partition coefficient (Wildman–Crippen LogP) is 3.66. The van der Waals surface area contributed by atoms with E-state index in [1.54, 1.807) is 0 Å². The molecule has 1 aromatic heterocycles. The molecule has 0 aliphatic heterocycles. The lowest BCUT2D eigenvalue weighted by molar-refractivity contribution is -0.115. The van der Waals surface area contributed by atoms with Crippen LogP contribution in [0.15, 0.2) is 54.7 Å². The lowest BCUT2D eigenvalue weighted by Gasteiger charge is -2.08. The first kappa shape index (κ1) is 12.5. The summed E-state index contributed by atoms with van der Waals surface area (Å²) >= 11 is 0. The molecule has 0 unspecified atom stereocenters. The SMILES string of the molecule is Cc1ccccc1NC(=O)Cc1ccc2cc[nH]c2c1. The normalized spacial score (nSPS) is 10.7. The Bertz CT molecular complexity index is 758. The monoisotopic (exact) mass is 264 g/mol. The highest BCUT2D eigenvalue weighted by molar-refractivity contribution is 5.93. The average molecular weight is 264 g/mol. The van der Waals surface area contributed by atoms with E-state index in [2.05, 4.69) is 10.3 Å². The summed E-state index contributed by atoms with van der Waals surface area (Å²) < 4.78 is 0. The first-order chi connectivity index (χ1) is 9.72. The number of aromatic amines is 1. The van der Waals surface area contributed by atoms with E-state index in [0.29, 0.717) is 6.42 Å². The Kier molecular flexibility index (Phi) is 3.25. The van der Waals surface area contributed by atoms with Crippen LogP contribution in [0.2, 0.25) is 0 Å². The number of carbonyl (C=O) groups excluding carboxylic acids is 1. The van der Waals surface area contributed by atoms with Crippen molar-refractivity contribution in [3.63, 3.8) is 0 Å². The molecule has 0 bridgehead atoms. The minimum Gasteiger partial charge on any atom is -0.361 e. The van der Waals surface area contributed by atoms with Crippen molar-refractivity contribution in [1.29, 1.82) is 0 Å². The zero-order valence-corrected chi connectivity index (χ0v) is 11.3. The number of carbonyl (C=O) groups is 1. The smallest absolute Gasteiger partial charge is 0.228 e. The van der Waals surface area contributed by atoms with Crippen LogP contribution < -0.4 is 5.32 Å². The van der Waals surface area contributed by atoms with Crippen molar-refractivity contribution in [3.05, 3.63) is 65.9 Å². The number of para-hydroxylation sites is 1. The van der Waals surface area contributed by atoms with Gasteiger partial charge in [0.1, 0.15) is 0 Å². The van der Waals surface area contributed by atoms with Gasteiger partial charge >= 0.3 is 0 Å². The van der Waals surface area contributed by atoms with Crippen LogP contribution in [0.1, 0.15) is 11.1 Å². The molecule has 20 heavy (non-hydrogen) atoms. The predicted molar refractivity (Wildman–Crippen MR) is 81.8 cm³/mol. The van der Waals surface area contributed by atoms with Crippen LogP contribution in [0.4, 0.5) is 5.69 Å². The first-order valence-electron chi connectivity index (χ1n) is 6.64. The number of fused-ring (bicyclic) bond motifs is 1. The fourth-order valence-corrected chi connectivity index (χ4v) is 2.30. The maximum Gasteiger partial charge on any atom is 0.228 e. The van der Waals surface area contributed by atoms with Gasteiger partial charge in [-0.15, -0.1) is 0 Å². The van der Waals surface area contributed by atoms with Gasteiger partial charge < -0.3 is 10.3 Å². The van der Waals surface area contributed by atoms with Gasteiger partial charge in [0.05, 0.1) is 6.42 Å². The van der Waals surface area contributed by atoms with Crippen LogP contribution in [0.3, 0.4) is 0 Å². The van der Waals surface area contributed by atoms with Gasteiger partial charge in [0.15, 0.2) is 0 Å². The number of anilines is 1. The Morgan fingerprint density at radius 3 is 2.85 bits per heavy atom. The Morgan fingerprint density at radius 1 is 1.15 bits per heavy atom. The number of rotatable bonds is 3. The molecule has 0 fully saturated rings. The van der Waals surface area contributed by atoms with Gasteiger partial charge in [-0.1, -0.05) is 30.3 Å². The van der Waals surface area contributed by atoms with Crippen LogP contribution in [0.5, 0.6) is 0 Å². The number of nitrogens with one attached hydrogen (secondary N) is 2. The molecule has 3 rings (SSSR count). The molecule has 0 atom stereocenters. The largest absolute Gasteiger partial charge is 0.361 e. The molecule has 0 saturated heterocycles. The summed E-state index contributed by atoms with van der Waals surface area (Å²) in [5.74, 6) is 0.00482. The average Bonchev–Trinajstić information content (AvgIpc) is 2.89. The van der Waals surface area contributed by atoms with Crippen molar-refractivity contribution in [3.8, 4) is 0 Å². The van der Waals surface area contributed by atoms with Crippen molar-refractivity contribution in [2.24, 2.45) is 0 Å². The molecule has 1 heterocycles. The van der Waals surface area contributed by atoms with Crippen molar-refractivity contribution in [2.75, 3.05) is 5.32 Å². The van der Waals surface area contributed by atoms with Gasteiger partial charge in [0.25, 0.3) is 0 Å². The van der Waals surface area contributed by atoms with E-state index in [4.69, 9.17) is 0 Å². The van der Waals surface area contributed by atoms with E-state index in [1.165, 1.54) is 0 Å². The van der Waals surface area contributed by atoms with Crippen LogP contribution in [-0.2, 0) is 11.2 Å². The minimum absolute atomic E-state index is 0.00482. The van der Waals surface area contributed by atoms with E-state index in [-0.39, 0.29) is 5.91 Å². The number of H-pyrrole nitrogens is 1. The summed E-state index contributed by atoms with van der Waals surface area (Å²) in [5, 5.41) is 4.11. The summed E-state index contributed by atoms with van der Waals surface area (Å²) in [5.41, 5.74) is 4.01. The van der Waals surface area contributed by atoms with Gasteiger partial charge in [-0.25, -0.2) is 0 Å². The molecule has 100 valence electrons. The molecule has 0 spiro atoms. The van der Waals surface area contributed by atoms with Gasteiger partial charge in [0.2, 0.25) is 5.91 Å². The summed E-state index contributed by atoms with van der Waals surface area (Å²) in [4.78, 5) is 15.2. The Hall–Kier alpha value is -2.55.